The molecule has 18 heavy (non-hydrogen) atoms. The Morgan fingerprint density at radius 3 is 2.56 bits per heavy atom. The van der Waals surface area contributed by atoms with Crippen molar-refractivity contribution in [2.24, 2.45) is 0 Å². The lowest BCUT2D eigenvalue weighted by molar-refractivity contribution is -0.121. The molecule has 0 aromatic carbocycles. The molecule has 7 heteroatoms. The van der Waals surface area contributed by atoms with Crippen LogP contribution in [0.25, 0.3) is 0 Å². The standard InChI is InChI=1S/C11H23N3O4/c1-4-12-11(16)14-10(15)9(2)13-5-6-18-8-7-17-3/h9,13H,4-8H2,1-3H3,(H2,12,14,15,16). The molecule has 3 N–H and O–H groups in total. The molecule has 0 aromatic rings. The van der Waals surface area contributed by atoms with Gasteiger partial charge in [-0.15, -0.1) is 0 Å². The molecule has 1 unspecified atom stereocenters. The van der Waals surface area contributed by atoms with Gasteiger partial charge >= 0.3 is 6.03 Å². The van der Waals surface area contributed by atoms with E-state index in [1.165, 1.54) is 0 Å². The van der Waals surface area contributed by atoms with Crippen LogP contribution >= 0.6 is 0 Å². The van der Waals surface area contributed by atoms with Gasteiger partial charge in [-0.25, -0.2) is 4.79 Å². The maximum Gasteiger partial charge on any atom is 0.321 e. The predicted molar refractivity (Wildman–Crippen MR) is 67.4 cm³/mol. The van der Waals surface area contributed by atoms with Gasteiger partial charge in [0.15, 0.2) is 0 Å². The quantitative estimate of drug-likeness (QED) is 0.486. The number of hydrogen-bond donors (Lipinski definition) is 3. The summed E-state index contributed by atoms with van der Waals surface area (Å²) >= 11 is 0. The number of rotatable bonds is 9. The first-order valence-electron chi connectivity index (χ1n) is 6.00. The average Bonchev–Trinajstić information content (AvgIpc) is 2.33. The zero-order chi connectivity index (χ0) is 13.8. The molecule has 0 bridgehead atoms. The van der Waals surface area contributed by atoms with Crippen molar-refractivity contribution in [2.75, 3.05) is 40.0 Å². The molecule has 1 atom stereocenters. The van der Waals surface area contributed by atoms with Crippen molar-refractivity contribution < 1.29 is 19.1 Å². The van der Waals surface area contributed by atoms with Gasteiger partial charge in [-0.2, -0.15) is 0 Å². The van der Waals surface area contributed by atoms with Gasteiger partial charge in [0, 0.05) is 20.2 Å². The summed E-state index contributed by atoms with van der Waals surface area (Å²) in [6.07, 6.45) is 0. The molecule has 0 radical (unpaired) electrons. The summed E-state index contributed by atoms with van der Waals surface area (Å²) in [4.78, 5) is 22.6. The molecule has 0 aliphatic carbocycles. The summed E-state index contributed by atoms with van der Waals surface area (Å²) in [5.41, 5.74) is 0. The van der Waals surface area contributed by atoms with Crippen LogP contribution in [0.1, 0.15) is 13.8 Å². The maximum atomic E-state index is 11.5. The van der Waals surface area contributed by atoms with E-state index in [0.29, 0.717) is 32.9 Å². The van der Waals surface area contributed by atoms with Gasteiger partial charge in [0.05, 0.1) is 25.9 Å². The van der Waals surface area contributed by atoms with E-state index < -0.39 is 12.1 Å². The third kappa shape index (κ3) is 8.91. The Kier molecular flexibility index (Phi) is 10.2. The fourth-order valence-corrected chi connectivity index (χ4v) is 1.11. The van der Waals surface area contributed by atoms with E-state index >= 15 is 0 Å². The minimum Gasteiger partial charge on any atom is -0.382 e. The van der Waals surface area contributed by atoms with Crippen molar-refractivity contribution >= 4 is 11.9 Å². The highest BCUT2D eigenvalue weighted by Crippen LogP contribution is 1.83. The first-order chi connectivity index (χ1) is 8.61. The number of carbonyl (C=O) groups is 2. The van der Waals surface area contributed by atoms with Crippen molar-refractivity contribution in [2.45, 2.75) is 19.9 Å². The van der Waals surface area contributed by atoms with Crippen LogP contribution in [0.2, 0.25) is 0 Å². The highest BCUT2D eigenvalue weighted by molar-refractivity contribution is 5.96. The molecule has 3 amide bonds. The van der Waals surface area contributed by atoms with Gasteiger partial charge in [-0.3, -0.25) is 10.1 Å². The summed E-state index contributed by atoms with van der Waals surface area (Å²) in [6.45, 7) is 6.04. The van der Waals surface area contributed by atoms with E-state index in [1.807, 2.05) is 0 Å². The van der Waals surface area contributed by atoms with Crippen LogP contribution in [0.4, 0.5) is 4.79 Å². The number of imide groups is 1. The second kappa shape index (κ2) is 10.9. The Labute approximate surface area is 108 Å². The van der Waals surface area contributed by atoms with Gasteiger partial charge in [-0.1, -0.05) is 0 Å². The van der Waals surface area contributed by atoms with E-state index in [2.05, 4.69) is 16.0 Å². The fourth-order valence-electron chi connectivity index (χ4n) is 1.11. The van der Waals surface area contributed by atoms with Gasteiger partial charge in [-0.05, 0) is 13.8 Å². The molecule has 0 aliphatic heterocycles. The minimum atomic E-state index is -0.479. The summed E-state index contributed by atoms with van der Waals surface area (Å²) in [7, 11) is 1.61. The van der Waals surface area contributed by atoms with Crippen LogP contribution in [0, 0.1) is 0 Å². The van der Waals surface area contributed by atoms with E-state index in [9.17, 15) is 9.59 Å². The smallest absolute Gasteiger partial charge is 0.321 e. The second-order valence-corrected chi connectivity index (χ2v) is 3.63. The number of nitrogens with one attached hydrogen (secondary N) is 3. The van der Waals surface area contributed by atoms with Crippen molar-refractivity contribution in [1.82, 2.24) is 16.0 Å². The Hall–Kier alpha value is -1.18. The van der Waals surface area contributed by atoms with Crippen LogP contribution in [-0.4, -0.2) is 58.0 Å². The topological polar surface area (TPSA) is 88.7 Å². The first kappa shape index (κ1) is 16.8. The Morgan fingerprint density at radius 1 is 1.22 bits per heavy atom. The first-order valence-corrected chi connectivity index (χ1v) is 6.00. The molecular formula is C11H23N3O4. The summed E-state index contributed by atoms with van der Waals surface area (Å²) in [5, 5.41) is 7.66. The Morgan fingerprint density at radius 2 is 1.94 bits per heavy atom. The summed E-state index contributed by atoms with van der Waals surface area (Å²) < 4.78 is 10.0. The summed E-state index contributed by atoms with van der Waals surface area (Å²) in [5.74, 6) is -0.363. The molecule has 0 rings (SSSR count). The normalized spacial score (nSPS) is 11.9. The van der Waals surface area contributed by atoms with Gasteiger partial charge in [0.25, 0.3) is 0 Å². The third-order valence-corrected chi connectivity index (χ3v) is 2.10. The van der Waals surface area contributed by atoms with Crippen LogP contribution in [0.5, 0.6) is 0 Å². The molecule has 0 heterocycles. The number of ether oxygens (including phenoxy) is 2. The average molecular weight is 261 g/mol. The zero-order valence-electron chi connectivity index (χ0n) is 11.2. The van der Waals surface area contributed by atoms with E-state index in [-0.39, 0.29) is 5.91 Å². The SMILES string of the molecule is CCNC(=O)NC(=O)C(C)NCCOCCOC. The summed E-state index contributed by atoms with van der Waals surface area (Å²) in [6, 6.07) is -0.925. The van der Waals surface area contributed by atoms with E-state index in [0.717, 1.165) is 0 Å². The van der Waals surface area contributed by atoms with E-state index in [4.69, 9.17) is 9.47 Å². The molecule has 0 saturated carbocycles. The lowest BCUT2D eigenvalue weighted by Crippen LogP contribution is -2.48. The lowest BCUT2D eigenvalue weighted by Gasteiger charge is -2.13. The lowest BCUT2D eigenvalue weighted by atomic mass is 10.3. The van der Waals surface area contributed by atoms with Crippen molar-refractivity contribution in [3.05, 3.63) is 0 Å². The van der Waals surface area contributed by atoms with Gasteiger partial charge < -0.3 is 20.1 Å². The number of carbonyl (C=O) groups excluding carboxylic acids is 2. The molecule has 0 fully saturated rings. The molecule has 0 spiro atoms. The highest BCUT2D eigenvalue weighted by Gasteiger charge is 2.14. The van der Waals surface area contributed by atoms with Crippen molar-refractivity contribution in [3.63, 3.8) is 0 Å². The van der Waals surface area contributed by atoms with E-state index in [1.54, 1.807) is 21.0 Å². The second-order valence-electron chi connectivity index (χ2n) is 3.63. The zero-order valence-corrected chi connectivity index (χ0v) is 11.2. The van der Waals surface area contributed by atoms with Crippen LogP contribution < -0.4 is 16.0 Å². The van der Waals surface area contributed by atoms with Gasteiger partial charge in [0.1, 0.15) is 0 Å². The van der Waals surface area contributed by atoms with Gasteiger partial charge in [0.2, 0.25) is 5.91 Å². The molecule has 0 aromatic heterocycles. The Bertz CT molecular complexity index is 248. The van der Waals surface area contributed by atoms with Crippen LogP contribution in [-0.2, 0) is 14.3 Å². The molecule has 0 saturated heterocycles. The van der Waals surface area contributed by atoms with Crippen LogP contribution in [0.3, 0.4) is 0 Å². The highest BCUT2D eigenvalue weighted by atomic mass is 16.5. The number of methoxy groups -OCH3 is 1. The number of hydrogen-bond acceptors (Lipinski definition) is 5. The molecular weight excluding hydrogens is 238 g/mol. The van der Waals surface area contributed by atoms with Crippen LogP contribution in [0.15, 0.2) is 0 Å². The largest absolute Gasteiger partial charge is 0.382 e. The molecule has 7 nitrogen and oxygen atoms in total. The Balaban J connectivity index is 3.58. The monoisotopic (exact) mass is 261 g/mol. The van der Waals surface area contributed by atoms with Crippen molar-refractivity contribution in [3.8, 4) is 0 Å². The third-order valence-electron chi connectivity index (χ3n) is 2.10. The molecule has 106 valence electrons. The minimum absolute atomic E-state index is 0.363. The molecule has 0 aliphatic rings. The fraction of sp³-hybridized carbons (Fsp3) is 0.818. The maximum absolute atomic E-state index is 11.5. The van der Waals surface area contributed by atoms with Crippen molar-refractivity contribution in [1.29, 1.82) is 0 Å². The number of amides is 3. The predicted octanol–water partition coefficient (Wildman–Crippen LogP) is -0.527. The number of urea groups is 1.